The molecule has 0 aliphatic heterocycles. The Kier molecular flexibility index (Phi) is 26.3. The van der Waals surface area contributed by atoms with Crippen LogP contribution in [0.15, 0.2) is 24.3 Å². The number of carbonyl (C=O) groups is 4. The van der Waals surface area contributed by atoms with Crippen LogP contribution in [0.3, 0.4) is 0 Å². The number of hydrogen-bond donors (Lipinski definition) is 7. The van der Waals surface area contributed by atoms with Crippen molar-refractivity contribution < 1.29 is 61.5 Å². The Labute approximate surface area is 334 Å². The van der Waals surface area contributed by atoms with Gasteiger partial charge in [0.05, 0.1) is 84.7 Å². The Balaban J connectivity index is 2.13. The Hall–Kier alpha value is -3.15. The third-order valence-corrected chi connectivity index (χ3v) is 10.1. The number of nitrogens with two attached hydrogens (primary N) is 3. The van der Waals surface area contributed by atoms with Gasteiger partial charge in [-0.3, -0.25) is 28.6 Å². The lowest BCUT2D eigenvalue weighted by atomic mass is 9.87. The molecule has 1 saturated carbocycles. The second kappa shape index (κ2) is 30.0. The standard InChI is InChI=1S/C35H63N8O13P/c1-49-57(2,48)56-30-9-7-29(8-10-30)34(46)42-24-28-5-3-27(4-6-28)23-31(35(47)41-13-16-52-19-22-55-38)43(25-32(44)39-11-14-50-17-20-53-36)26-33(45)40-12-15-51-18-21-54-37/h3-6,29-31H,7-26,36-38H2,1-2H3,(H,39,44)(H,40,45)(H,41,47)(H,42,46)/t29-,30+,31-,57?/m0/s1. The highest BCUT2D eigenvalue weighted by atomic mass is 31.2. The van der Waals surface area contributed by atoms with E-state index in [1.807, 2.05) is 24.3 Å². The fraction of sp³-hybridized carbons (Fsp3) is 0.714. The maximum absolute atomic E-state index is 13.8. The highest BCUT2D eigenvalue weighted by Gasteiger charge is 2.31. The first kappa shape index (κ1) is 50.0. The first-order valence-electron chi connectivity index (χ1n) is 18.9. The molecule has 10 N–H and O–H groups in total. The van der Waals surface area contributed by atoms with Crippen LogP contribution in [0.4, 0.5) is 0 Å². The van der Waals surface area contributed by atoms with Crippen LogP contribution in [0.5, 0.6) is 0 Å². The van der Waals surface area contributed by atoms with Gasteiger partial charge in [-0.2, -0.15) is 0 Å². The fourth-order valence-electron chi connectivity index (χ4n) is 5.76. The van der Waals surface area contributed by atoms with Gasteiger partial charge in [-0.15, -0.1) is 0 Å². The van der Waals surface area contributed by atoms with E-state index in [2.05, 4.69) is 35.8 Å². The van der Waals surface area contributed by atoms with Gasteiger partial charge in [-0.1, -0.05) is 24.3 Å². The van der Waals surface area contributed by atoms with Crippen LogP contribution < -0.4 is 39.0 Å². The van der Waals surface area contributed by atoms with Crippen molar-refractivity contribution in [3.63, 3.8) is 0 Å². The maximum Gasteiger partial charge on any atom is 0.327 e. The minimum Gasteiger partial charge on any atom is -0.377 e. The van der Waals surface area contributed by atoms with E-state index in [9.17, 15) is 23.7 Å². The average molecular weight is 835 g/mol. The summed E-state index contributed by atoms with van der Waals surface area (Å²) in [7, 11) is -1.75. The topological polar surface area (TPSA) is 289 Å². The molecule has 1 unspecified atom stereocenters. The molecule has 57 heavy (non-hydrogen) atoms. The number of rotatable bonds is 32. The molecule has 326 valence electrons. The van der Waals surface area contributed by atoms with Crippen LogP contribution in [0.25, 0.3) is 0 Å². The molecule has 2 rings (SSSR count). The minimum atomic E-state index is -3.10. The smallest absolute Gasteiger partial charge is 0.327 e. The van der Waals surface area contributed by atoms with Crippen molar-refractivity contribution >= 4 is 31.2 Å². The molecular weight excluding hydrogens is 771 g/mol. The number of amides is 4. The van der Waals surface area contributed by atoms with Gasteiger partial charge in [0, 0.05) is 45.9 Å². The van der Waals surface area contributed by atoms with Crippen molar-refractivity contribution in [2.75, 3.05) is 106 Å². The van der Waals surface area contributed by atoms with Gasteiger partial charge >= 0.3 is 7.60 Å². The molecule has 1 aliphatic carbocycles. The highest BCUT2D eigenvalue weighted by Crippen LogP contribution is 2.46. The monoisotopic (exact) mass is 834 g/mol. The highest BCUT2D eigenvalue weighted by molar-refractivity contribution is 7.52. The second-order valence-electron chi connectivity index (χ2n) is 13.1. The van der Waals surface area contributed by atoms with E-state index in [1.54, 1.807) is 0 Å². The molecule has 1 fully saturated rings. The third-order valence-electron chi connectivity index (χ3n) is 8.79. The number of benzene rings is 1. The summed E-state index contributed by atoms with van der Waals surface area (Å²) in [5.74, 6) is 13.5. The summed E-state index contributed by atoms with van der Waals surface area (Å²) in [5, 5.41) is 11.3. The molecule has 1 aliphatic rings. The van der Waals surface area contributed by atoms with E-state index in [0.717, 1.165) is 11.1 Å². The molecule has 0 aromatic heterocycles. The van der Waals surface area contributed by atoms with Crippen LogP contribution in [-0.2, 0) is 74.5 Å². The lowest BCUT2D eigenvalue weighted by molar-refractivity contribution is -0.132. The van der Waals surface area contributed by atoms with Gasteiger partial charge < -0.3 is 59.0 Å². The van der Waals surface area contributed by atoms with E-state index >= 15 is 0 Å². The van der Waals surface area contributed by atoms with Crippen LogP contribution in [0.2, 0.25) is 0 Å². The van der Waals surface area contributed by atoms with E-state index in [1.165, 1.54) is 18.7 Å². The van der Waals surface area contributed by atoms with Crippen molar-refractivity contribution in [1.82, 2.24) is 26.2 Å². The van der Waals surface area contributed by atoms with Crippen molar-refractivity contribution in [3.05, 3.63) is 35.4 Å². The Morgan fingerprint density at radius 2 is 1.18 bits per heavy atom. The largest absolute Gasteiger partial charge is 0.377 e. The number of hydrogen-bond acceptors (Lipinski definition) is 17. The second-order valence-corrected chi connectivity index (χ2v) is 15.3. The lowest BCUT2D eigenvalue weighted by Crippen LogP contribution is -2.54. The maximum atomic E-state index is 13.8. The van der Waals surface area contributed by atoms with Crippen LogP contribution >= 0.6 is 7.60 Å². The van der Waals surface area contributed by atoms with Gasteiger partial charge in [0.2, 0.25) is 23.6 Å². The molecular formula is C35H63N8O13P. The molecule has 0 heterocycles. The summed E-state index contributed by atoms with van der Waals surface area (Å²) in [6, 6.07) is 6.41. The van der Waals surface area contributed by atoms with Gasteiger partial charge in [0.15, 0.2) is 0 Å². The summed E-state index contributed by atoms with van der Waals surface area (Å²) in [5.41, 5.74) is 1.59. The number of nitrogens with one attached hydrogen (secondary N) is 4. The Bertz CT molecular complexity index is 1310. The van der Waals surface area contributed by atoms with Gasteiger partial charge in [-0.25, -0.2) is 17.7 Å². The molecule has 2 atom stereocenters. The molecule has 21 nitrogen and oxygen atoms in total. The van der Waals surface area contributed by atoms with Crippen LogP contribution in [0.1, 0.15) is 36.8 Å². The minimum absolute atomic E-state index is 0.0697. The van der Waals surface area contributed by atoms with E-state index in [4.69, 9.17) is 40.9 Å². The first-order valence-corrected chi connectivity index (χ1v) is 20.9. The molecule has 0 bridgehead atoms. The first-order chi connectivity index (χ1) is 27.5. The van der Waals surface area contributed by atoms with E-state index in [-0.39, 0.29) is 117 Å². The number of ether oxygens (including phenoxy) is 3. The fourth-order valence-corrected chi connectivity index (χ4v) is 6.59. The normalized spacial score (nSPS) is 17.1. The molecule has 4 amide bonds. The predicted octanol–water partition coefficient (Wildman–Crippen LogP) is -1.37. The summed E-state index contributed by atoms with van der Waals surface area (Å²) in [6.07, 6.45) is 2.37. The molecule has 0 saturated heterocycles. The quantitative estimate of drug-likeness (QED) is 0.0250. The number of carbonyl (C=O) groups excluding carboxylic acids is 4. The Morgan fingerprint density at radius 1 is 0.702 bits per heavy atom. The van der Waals surface area contributed by atoms with E-state index in [0.29, 0.717) is 32.2 Å². The van der Waals surface area contributed by atoms with Crippen LogP contribution in [0, 0.1) is 5.92 Å². The van der Waals surface area contributed by atoms with Gasteiger partial charge in [-0.05, 0) is 43.2 Å². The van der Waals surface area contributed by atoms with E-state index < -0.39 is 31.4 Å². The zero-order valence-electron chi connectivity index (χ0n) is 33.1. The van der Waals surface area contributed by atoms with Crippen molar-refractivity contribution in [2.24, 2.45) is 23.6 Å². The lowest BCUT2D eigenvalue weighted by Gasteiger charge is -2.30. The Morgan fingerprint density at radius 3 is 1.65 bits per heavy atom. The molecule has 22 heteroatoms. The number of nitrogens with zero attached hydrogens (tertiary/aromatic N) is 1. The molecule has 0 spiro atoms. The molecule has 1 aromatic carbocycles. The summed E-state index contributed by atoms with van der Waals surface area (Å²) < 4.78 is 38.8. The van der Waals surface area contributed by atoms with Gasteiger partial charge in [0.1, 0.15) is 0 Å². The predicted molar refractivity (Wildman–Crippen MR) is 207 cm³/mol. The molecule has 0 radical (unpaired) electrons. The van der Waals surface area contributed by atoms with Crippen molar-refractivity contribution in [2.45, 2.75) is 50.8 Å². The van der Waals surface area contributed by atoms with Crippen LogP contribution in [-0.4, -0.2) is 147 Å². The average Bonchev–Trinajstić information content (AvgIpc) is 3.20. The summed E-state index contributed by atoms with van der Waals surface area (Å²) in [6.45, 7) is 3.54. The SMILES string of the molecule is COP(C)(=O)O[C@H]1CC[C@@H](C(=O)NCc2ccc(C[C@@H](C(=O)NCCOCCON)N(CC(=O)NCCOCCON)CC(=O)NCCOCCON)cc2)CC1. The van der Waals surface area contributed by atoms with Crippen molar-refractivity contribution in [1.29, 1.82) is 0 Å². The third kappa shape index (κ3) is 22.5. The zero-order chi connectivity index (χ0) is 41.7. The zero-order valence-corrected chi connectivity index (χ0v) is 34.0. The summed E-state index contributed by atoms with van der Waals surface area (Å²) in [4.78, 5) is 68.0. The summed E-state index contributed by atoms with van der Waals surface area (Å²) >= 11 is 0. The van der Waals surface area contributed by atoms with Crippen molar-refractivity contribution in [3.8, 4) is 0 Å². The molecule has 1 aromatic rings. The van der Waals surface area contributed by atoms with Gasteiger partial charge in [0.25, 0.3) is 0 Å².